The van der Waals surface area contributed by atoms with Crippen LogP contribution in [-0.4, -0.2) is 36.7 Å². The van der Waals surface area contributed by atoms with Gasteiger partial charge in [-0.15, -0.1) is 0 Å². The van der Waals surface area contributed by atoms with Crippen LogP contribution in [0, 0.1) is 23.7 Å². The van der Waals surface area contributed by atoms with Crippen LogP contribution in [0.3, 0.4) is 0 Å². The molecule has 2 saturated carbocycles. The predicted molar refractivity (Wildman–Crippen MR) is 105 cm³/mol. The summed E-state index contributed by atoms with van der Waals surface area (Å²) in [5, 5.41) is 0. The summed E-state index contributed by atoms with van der Waals surface area (Å²) in [6.07, 6.45) is 10.8. The molecule has 0 unspecified atom stereocenters. The minimum atomic E-state index is -0.412. The number of hydrogen-bond donors (Lipinski definition) is 0. The highest BCUT2D eigenvalue weighted by Gasteiger charge is 2.53. The molecule has 3 aliphatic rings. The Kier molecular flexibility index (Phi) is 5.51. The minimum Gasteiger partial charge on any atom is -0.466 e. The van der Waals surface area contributed by atoms with E-state index in [0.717, 1.165) is 18.4 Å². The maximum Gasteiger partial charge on any atom is 0.410 e. The normalized spacial score (nSPS) is 29.8. The zero-order chi connectivity index (χ0) is 19.5. The molecule has 2 fully saturated rings. The molecule has 1 aromatic rings. The number of carbonyl (C=O) groups is 2. The van der Waals surface area contributed by atoms with Gasteiger partial charge >= 0.3 is 12.1 Å². The molecule has 0 aliphatic heterocycles. The summed E-state index contributed by atoms with van der Waals surface area (Å²) in [6, 6.07) is 9.86. The van der Waals surface area contributed by atoms with Gasteiger partial charge in [0.1, 0.15) is 6.61 Å². The molecule has 4 rings (SSSR count). The van der Waals surface area contributed by atoms with Crippen LogP contribution in [-0.2, 0) is 20.9 Å². The van der Waals surface area contributed by atoms with E-state index < -0.39 is 5.97 Å². The lowest BCUT2D eigenvalue weighted by atomic mass is 9.84. The Bertz CT molecular complexity index is 772. The van der Waals surface area contributed by atoms with Crippen molar-refractivity contribution in [3.8, 4) is 0 Å². The number of carbonyl (C=O) groups excluding carboxylic acids is 2. The van der Waals surface area contributed by atoms with Gasteiger partial charge in [0.25, 0.3) is 0 Å². The summed E-state index contributed by atoms with van der Waals surface area (Å²) in [5.74, 6) is 2.01. The minimum absolute atomic E-state index is 0.163. The fourth-order valence-electron chi connectivity index (χ4n) is 5.34. The Morgan fingerprint density at radius 3 is 2.71 bits per heavy atom. The third-order valence-electron chi connectivity index (χ3n) is 6.53. The second kappa shape index (κ2) is 8.21. The molecular weight excluding hydrogens is 354 g/mol. The van der Waals surface area contributed by atoms with Gasteiger partial charge in [-0.1, -0.05) is 48.6 Å². The Morgan fingerprint density at radius 2 is 1.93 bits per heavy atom. The lowest BCUT2D eigenvalue weighted by molar-refractivity contribution is -0.134. The first-order valence-corrected chi connectivity index (χ1v) is 10.1. The van der Waals surface area contributed by atoms with Crippen LogP contribution in [0.15, 0.2) is 54.6 Å². The number of ether oxygens (including phenoxy) is 2. The summed E-state index contributed by atoms with van der Waals surface area (Å²) in [5.41, 5.74) is 0.966. The van der Waals surface area contributed by atoms with Crippen LogP contribution >= 0.6 is 0 Å². The van der Waals surface area contributed by atoms with Crippen LogP contribution in [0.5, 0.6) is 0 Å². The maximum absolute atomic E-state index is 13.0. The van der Waals surface area contributed by atoms with Crippen LogP contribution in [0.25, 0.3) is 0 Å². The third-order valence-corrected chi connectivity index (χ3v) is 6.53. The Balaban J connectivity index is 1.47. The number of benzene rings is 1. The van der Waals surface area contributed by atoms with Gasteiger partial charge in [-0.3, -0.25) is 0 Å². The van der Waals surface area contributed by atoms with E-state index in [2.05, 4.69) is 16.9 Å². The molecule has 3 aliphatic carbocycles. The smallest absolute Gasteiger partial charge is 0.410 e. The fourth-order valence-corrected chi connectivity index (χ4v) is 5.34. The number of methoxy groups -OCH3 is 1. The Hall–Kier alpha value is -2.56. The molecule has 0 spiro atoms. The van der Waals surface area contributed by atoms with E-state index in [1.165, 1.54) is 19.6 Å². The van der Waals surface area contributed by atoms with Crippen molar-refractivity contribution in [1.29, 1.82) is 0 Å². The van der Waals surface area contributed by atoms with Crippen molar-refractivity contribution in [2.45, 2.75) is 31.9 Å². The maximum atomic E-state index is 13.0. The molecule has 0 radical (unpaired) electrons. The first-order valence-electron chi connectivity index (χ1n) is 10.1. The molecule has 0 aromatic heterocycles. The van der Waals surface area contributed by atoms with E-state index in [1.807, 2.05) is 35.2 Å². The van der Waals surface area contributed by atoms with Gasteiger partial charge in [0, 0.05) is 18.7 Å². The second-order valence-electron chi connectivity index (χ2n) is 7.95. The van der Waals surface area contributed by atoms with E-state index in [4.69, 9.17) is 4.74 Å². The molecule has 5 heteroatoms. The van der Waals surface area contributed by atoms with E-state index in [1.54, 1.807) is 6.08 Å². The first kappa shape index (κ1) is 18.8. The lowest BCUT2D eigenvalue weighted by Gasteiger charge is -2.34. The molecular formula is C23H27NO4. The van der Waals surface area contributed by atoms with Gasteiger partial charge in [0.15, 0.2) is 0 Å². The Labute approximate surface area is 166 Å². The molecule has 0 heterocycles. The van der Waals surface area contributed by atoms with Crippen molar-refractivity contribution in [3.63, 3.8) is 0 Å². The van der Waals surface area contributed by atoms with E-state index >= 15 is 0 Å². The standard InChI is InChI=1S/C23H27NO4/c1-27-21(25)8-5-13-24(23(26)28-15-16-6-3-2-4-7-16)20-12-11-19-17-9-10-18(14-17)22(19)20/h2-10,17-20,22H,11-15H2,1H3/b8-5+/t17-,18+,19-,20-,22+/m0/s1. The molecule has 5 nitrogen and oxygen atoms in total. The average Bonchev–Trinajstić information content (AvgIpc) is 3.44. The summed E-state index contributed by atoms with van der Waals surface area (Å²) in [7, 11) is 1.35. The highest BCUT2D eigenvalue weighted by molar-refractivity contribution is 5.81. The topological polar surface area (TPSA) is 55.8 Å². The van der Waals surface area contributed by atoms with Gasteiger partial charge in [-0.2, -0.15) is 0 Å². The largest absolute Gasteiger partial charge is 0.466 e. The predicted octanol–water partition coefficient (Wildman–Crippen LogP) is 3.96. The van der Waals surface area contributed by atoms with Gasteiger partial charge in [-0.05, 0) is 48.5 Å². The molecule has 148 valence electrons. The van der Waals surface area contributed by atoms with E-state index in [0.29, 0.717) is 30.2 Å². The van der Waals surface area contributed by atoms with Crippen molar-refractivity contribution in [3.05, 3.63) is 60.2 Å². The average molecular weight is 381 g/mol. The molecule has 2 bridgehead atoms. The van der Waals surface area contributed by atoms with Crippen molar-refractivity contribution < 1.29 is 19.1 Å². The number of esters is 1. The first-order chi connectivity index (χ1) is 13.7. The highest BCUT2D eigenvalue weighted by Crippen LogP contribution is 2.56. The SMILES string of the molecule is COC(=O)/C=C/CN(C(=O)OCc1ccccc1)[C@H]1CC[C@@H]2[C@H]1[C@@H]1C=C[C@H]2C1. The molecule has 0 N–H and O–H groups in total. The van der Waals surface area contributed by atoms with E-state index in [9.17, 15) is 9.59 Å². The third kappa shape index (κ3) is 3.71. The number of fused-ring (bicyclic) bond motifs is 5. The number of rotatable bonds is 6. The van der Waals surface area contributed by atoms with Crippen LogP contribution in [0.1, 0.15) is 24.8 Å². The number of hydrogen-bond acceptors (Lipinski definition) is 4. The van der Waals surface area contributed by atoms with Crippen molar-refractivity contribution in [2.24, 2.45) is 23.7 Å². The monoisotopic (exact) mass is 381 g/mol. The van der Waals surface area contributed by atoms with Gasteiger partial charge < -0.3 is 14.4 Å². The van der Waals surface area contributed by atoms with Gasteiger partial charge in [-0.25, -0.2) is 9.59 Å². The molecule has 1 amide bonds. The zero-order valence-electron chi connectivity index (χ0n) is 16.2. The van der Waals surface area contributed by atoms with Crippen molar-refractivity contribution in [2.75, 3.05) is 13.7 Å². The summed E-state index contributed by atoms with van der Waals surface area (Å²) in [6.45, 7) is 0.612. The molecule has 28 heavy (non-hydrogen) atoms. The fraction of sp³-hybridized carbons (Fsp3) is 0.478. The van der Waals surface area contributed by atoms with Gasteiger partial charge in [0.2, 0.25) is 0 Å². The molecule has 0 saturated heterocycles. The summed E-state index contributed by atoms with van der Waals surface area (Å²) in [4.78, 5) is 26.2. The highest BCUT2D eigenvalue weighted by atomic mass is 16.6. The molecule has 5 atom stereocenters. The number of nitrogens with zero attached hydrogens (tertiary/aromatic N) is 1. The molecule has 1 aromatic carbocycles. The lowest BCUT2D eigenvalue weighted by Crippen LogP contribution is -2.44. The van der Waals surface area contributed by atoms with Crippen molar-refractivity contribution >= 4 is 12.1 Å². The summed E-state index contributed by atoms with van der Waals surface area (Å²) < 4.78 is 10.3. The number of allylic oxidation sites excluding steroid dienone is 2. The van der Waals surface area contributed by atoms with Crippen LogP contribution < -0.4 is 0 Å². The van der Waals surface area contributed by atoms with Crippen LogP contribution in [0.2, 0.25) is 0 Å². The zero-order valence-corrected chi connectivity index (χ0v) is 16.2. The quantitative estimate of drug-likeness (QED) is 0.425. The van der Waals surface area contributed by atoms with Crippen molar-refractivity contribution in [1.82, 2.24) is 4.90 Å². The van der Waals surface area contributed by atoms with E-state index in [-0.39, 0.29) is 18.7 Å². The second-order valence-corrected chi connectivity index (χ2v) is 7.95. The Morgan fingerprint density at radius 1 is 1.14 bits per heavy atom. The number of amides is 1. The van der Waals surface area contributed by atoms with Crippen LogP contribution in [0.4, 0.5) is 4.79 Å². The summed E-state index contributed by atoms with van der Waals surface area (Å²) >= 11 is 0. The van der Waals surface area contributed by atoms with Gasteiger partial charge in [0.05, 0.1) is 7.11 Å².